The Morgan fingerprint density at radius 3 is 2.28 bits per heavy atom. The van der Waals surface area contributed by atoms with Crippen LogP contribution >= 0.6 is 11.6 Å². The molecular formula is C27H33ClF3N3O4S. The highest BCUT2D eigenvalue weighted by Crippen LogP contribution is 2.37. The molecule has 0 radical (unpaired) electrons. The maximum Gasteiger partial charge on any atom is 0.417 e. The van der Waals surface area contributed by atoms with Crippen molar-refractivity contribution < 1.29 is 31.2 Å². The van der Waals surface area contributed by atoms with Crippen molar-refractivity contribution in [2.75, 3.05) is 17.1 Å². The zero-order valence-electron chi connectivity index (χ0n) is 21.9. The summed E-state index contributed by atoms with van der Waals surface area (Å²) in [6.07, 6.45) is 1.02. The lowest BCUT2D eigenvalue weighted by Gasteiger charge is -2.34. The first-order valence-corrected chi connectivity index (χ1v) is 15.0. The number of nitrogens with one attached hydrogen (secondary N) is 1. The fraction of sp³-hybridized carbons (Fsp3) is 0.481. The van der Waals surface area contributed by atoms with Crippen LogP contribution in [0.3, 0.4) is 0 Å². The molecule has 0 spiro atoms. The number of nitrogens with zero attached hydrogens (tertiary/aromatic N) is 2. The average molecular weight is 588 g/mol. The predicted octanol–water partition coefficient (Wildman–Crippen LogP) is 5.38. The summed E-state index contributed by atoms with van der Waals surface area (Å²) in [4.78, 5) is 28.4. The Kier molecular flexibility index (Phi) is 10.3. The second-order valence-electron chi connectivity index (χ2n) is 9.71. The van der Waals surface area contributed by atoms with E-state index in [4.69, 9.17) is 11.6 Å². The lowest BCUT2D eigenvalue weighted by Crippen LogP contribution is -2.53. The van der Waals surface area contributed by atoms with Crippen LogP contribution in [0.5, 0.6) is 0 Å². The molecule has 39 heavy (non-hydrogen) atoms. The molecule has 0 aromatic heterocycles. The van der Waals surface area contributed by atoms with E-state index in [0.29, 0.717) is 15.9 Å². The maximum absolute atomic E-state index is 13.7. The number of halogens is 4. The summed E-state index contributed by atoms with van der Waals surface area (Å²) in [6.45, 7) is 0.972. The number of hydrogen-bond donors (Lipinski definition) is 1. The van der Waals surface area contributed by atoms with Gasteiger partial charge in [-0.2, -0.15) is 13.2 Å². The van der Waals surface area contributed by atoms with Crippen LogP contribution in [0.4, 0.5) is 18.9 Å². The van der Waals surface area contributed by atoms with Gasteiger partial charge in [0.05, 0.1) is 22.5 Å². The van der Waals surface area contributed by atoms with Gasteiger partial charge in [0, 0.05) is 12.6 Å². The highest BCUT2D eigenvalue weighted by molar-refractivity contribution is 7.92. The van der Waals surface area contributed by atoms with Crippen LogP contribution in [0, 0.1) is 0 Å². The zero-order chi connectivity index (χ0) is 28.8. The smallest absolute Gasteiger partial charge is 0.352 e. The molecule has 3 rings (SSSR count). The van der Waals surface area contributed by atoms with Crippen LogP contribution in [0.25, 0.3) is 0 Å². The van der Waals surface area contributed by atoms with Crippen LogP contribution in [0.2, 0.25) is 5.02 Å². The van der Waals surface area contributed by atoms with Gasteiger partial charge in [-0.25, -0.2) is 8.42 Å². The number of carbonyl (C=O) groups is 2. The van der Waals surface area contributed by atoms with Crippen molar-refractivity contribution in [1.82, 2.24) is 10.2 Å². The number of carbonyl (C=O) groups excluding carboxylic acids is 2. The molecule has 2 aromatic carbocycles. The van der Waals surface area contributed by atoms with E-state index in [2.05, 4.69) is 5.32 Å². The summed E-state index contributed by atoms with van der Waals surface area (Å²) in [5.41, 5.74) is -0.865. The lowest BCUT2D eigenvalue weighted by molar-refractivity contribution is -0.140. The van der Waals surface area contributed by atoms with Crippen molar-refractivity contribution in [3.05, 3.63) is 64.7 Å². The first-order valence-electron chi connectivity index (χ1n) is 12.8. The van der Waals surface area contributed by atoms with Crippen LogP contribution in [0.15, 0.2) is 48.5 Å². The molecule has 12 heteroatoms. The third-order valence-corrected chi connectivity index (χ3v) is 8.23. The van der Waals surface area contributed by atoms with Crippen molar-refractivity contribution in [3.63, 3.8) is 0 Å². The Labute approximate surface area is 232 Å². The summed E-state index contributed by atoms with van der Waals surface area (Å²) in [7, 11) is -4.20. The molecule has 1 saturated carbocycles. The standard InChI is InChI=1S/C27H33ClF3N3O4S/c1-3-24(26(36)32-20-12-8-5-9-13-20)33(17-19-10-6-4-7-11-19)25(35)18-34(39(2,37)38)21-14-15-23(28)22(16-21)27(29,30)31/h4,6-7,10-11,14-16,20,24H,3,5,8-9,12-13,17-18H2,1-2H3,(H,32,36)/t24-/m0/s1. The van der Waals surface area contributed by atoms with Crippen LogP contribution < -0.4 is 9.62 Å². The normalized spacial score (nSPS) is 15.4. The third-order valence-electron chi connectivity index (χ3n) is 6.76. The molecule has 214 valence electrons. The van der Waals surface area contributed by atoms with Crippen LogP contribution in [-0.4, -0.2) is 50.0 Å². The van der Waals surface area contributed by atoms with Crippen molar-refractivity contribution in [2.45, 2.75) is 70.3 Å². The van der Waals surface area contributed by atoms with Crippen LogP contribution in [-0.2, 0) is 32.3 Å². The molecule has 1 aliphatic rings. The second-order valence-corrected chi connectivity index (χ2v) is 12.0. The topological polar surface area (TPSA) is 86.8 Å². The number of rotatable bonds is 10. The van der Waals surface area contributed by atoms with Gasteiger partial charge in [0.15, 0.2) is 0 Å². The molecule has 0 aliphatic heterocycles. The van der Waals surface area contributed by atoms with Gasteiger partial charge in [0.1, 0.15) is 12.6 Å². The molecule has 1 atom stereocenters. The first-order chi connectivity index (χ1) is 18.3. The molecule has 0 saturated heterocycles. The zero-order valence-corrected chi connectivity index (χ0v) is 23.5. The summed E-state index contributed by atoms with van der Waals surface area (Å²) in [6, 6.07) is 10.6. The summed E-state index contributed by atoms with van der Waals surface area (Å²) in [5.74, 6) is -1.07. The Balaban J connectivity index is 1.95. The first kappa shape index (κ1) is 30.7. The van der Waals surface area contributed by atoms with E-state index in [-0.39, 0.29) is 30.6 Å². The van der Waals surface area contributed by atoms with Crippen molar-refractivity contribution >= 4 is 39.1 Å². The average Bonchev–Trinajstić information content (AvgIpc) is 2.87. The Hall–Kier alpha value is -2.79. The van der Waals surface area contributed by atoms with Gasteiger partial charge in [-0.1, -0.05) is 68.1 Å². The quantitative estimate of drug-likeness (QED) is 0.404. The molecule has 0 unspecified atom stereocenters. The van der Waals surface area contributed by atoms with Gasteiger partial charge in [0.25, 0.3) is 0 Å². The van der Waals surface area contributed by atoms with Gasteiger partial charge in [0.2, 0.25) is 21.8 Å². The van der Waals surface area contributed by atoms with E-state index in [9.17, 15) is 31.2 Å². The molecule has 7 nitrogen and oxygen atoms in total. The molecular weight excluding hydrogens is 555 g/mol. The SMILES string of the molecule is CC[C@@H](C(=O)NC1CCCCC1)N(Cc1ccccc1)C(=O)CN(c1ccc(Cl)c(C(F)(F)F)c1)S(C)(=O)=O. The summed E-state index contributed by atoms with van der Waals surface area (Å²) in [5, 5.41) is 2.44. The van der Waals surface area contributed by atoms with E-state index in [1.807, 2.05) is 0 Å². The van der Waals surface area contributed by atoms with Gasteiger partial charge in [-0.15, -0.1) is 0 Å². The number of amides is 2. The second kappa shape index (κ2) is 13.0. The number of benzene rings is 2. The minimum absolute atomic E-state index is 0.00338. The third kappa shape index (κ3) is 8.35. The maximum atomic E-state index is 13.7. The van der Waals surface area contributed by atoms with E-state index >= 15 is 0 Å². The number of sulfonamides is 1. The van der Waals surface area contributed by atoms with Gasteiger partial charge in [-0.05, 0) is 43.0 Å². The molecule has 0 bridgehead atoms. The van der Waals surface area contributed by atoms with Gasteiger partial charge in [-0.3, -0.25) is 13.9 Å². The number of hydrogen-bond acceptors (Lipinski definition) is 4. The summed E-state index contributed by atoms with van der Waals surface area (Å²) < 4.78 is 66.4. The Morgan fingerprint density at radius 2 is 1.72 bits per heavy atom. The Bertz CT molecular complexity index is 1250. The molecule has 2 amide bonds. The number of anilines is 1. The fourth-order valence-electron chi connectivity index (χ4n) is 4.74. The number of alkyl halides is 3. The molecule has 2 aromatic rings. The lowest BCUT2D eigenvalue weighted by atomic mass is 9.95. The van der Waals surface area contributed by atoms with Gasteiger partial charge < -0.3 is 10.2 Å². The fourth-order valence-corrected chi connectivity index (χ4v) is 5.81. The minimum Gasteiger partial charge on any atom is -0.352 e. The van der Waals surface area contributed by atoms with Crippen molar-refractivity contribution in [1.29, 1.82) is 0 Å². The molecule has 1 fully saturated rings. The van der Waals surface area contributed by atoms with Crippen molar-refractivity contribution in [3.8, 4) is 0 Å². The molecule has 1 aliphatic carbocycles. The van der Waals surface area contributed by atoms with Crippen LogP contribution in [0.1, 0.15) is 56.6 Å². The molecule has 0 heterocycles. The van der Waals surface area contributed by atoms with E-state index in [1.54, 1.807) is 37.3 Å². The summed E-state index contributed by atoms with van der Waals surface area (Å²) >= 11 is 5.71. The highest BCUT2D eigenvalue weighted by atomic mass is 35.5. The Morgan fingerprint density at radius 1 is 1.08 bits per heavy atom. The van der Waals surface area contributed by atoms with E-state index in [1.165, 1.54) is 4.90 Å². The van der Waals surface area contributed by atoms with E-state index < -0.39 is 45.3 Å². The van der Waals surface area contributed by atoms with Crippen molar-refractivity contribution in [2.24, 2.45) is 0 Å². The predicted molar refractivity (Wildman–Crippen MR) is 145 cm³/mol. The van der Waals surface area contributed by atoms with E-state index in [0.717, 1.165) is 50.5 Å². The minimum atomic E-state index is -4.83. The monoisotopic (exact) mass is 587 g/mol. The highest BCUT2D eigenvalue weighted by Gasteiger charge is 2.36. The largest absolute Gasteiger partial charge is 0.417 e. The van der Waals surface area contributed by atoms with Gasteiger partial charge >= 0.3 is 6.18 Å². The molecule has 1 N–H and O–H groups in total.